The summed E-state index contributed by atoms with van der Waals surface area (Å²) in [6.45, 7) is 0.0603. The first kappa shape index (κ1) is 13.4. The molecule has 0 amide bonds. The molecule has 0 aromatic carbocycles. The van der Waals surface area contributed by atoms with Crippen LogP contribution in [0.3, 0.4) is 0 Å². The molecule has 8 heteroatoms. The largest absolute Gasteiger partial charge is 0.615 e. The van der Waals surface area contributed by atoms with Crippen LogP contribution in [0.25, 0.3) is 0 Å². The maximum atomic E-state index is 12.2. The van der Waals surface area contributed by atoms with Crippen molar-refractivity contribution in [2.75, 3.05) is 12.4 Å². The number of fused-ring (bicyclic) bond motifs is 1. The Morgan fingerprint density at radius 3 is 2.94 bits per heavy atom. The summed E-state index contributed by atoms with van der Waals surface area (Å²) < 4.78 is 11.6. The molecule has 3 rings (SSSR count). The highest BCUT2D eigenvalue weighted by atomic mass is 127. The number of rotatable bonds is 2. The molecule has 0 radical (unpaired) electrons. The number of nitrogens with one attached hydrogen (secondary N) is 1. The van der Waals surface area contributed by atoms with Gasteiger partial charge in [0, 0.05) is 6.42 Å². The summed E-state index contributed by atoms with van der Waals surface area (Å²) in [5.41, 5.74) is -0.289. The maximum absolute atomic E-state index is 12.2. The standard InChI is InChI=1S/C10H13ClIN3O2S/c11-8-13-6-1-4-18(17)10(6,12)7(14-8)15-9(5-16)2-3-9/h6,16H,1-5H2,(H,13,14,15)/t6?,10-,18?/m0/s1. The first-order valence-electron chi connectivity index (χ1n) is 5.79. The number of hydrogen-bond acceptors (Lipinski definition) is 5. The van der Waals surface area contributed by atoms with Gasteiger partial charge in [0.15, 0.2) is 5.84 Å². The lowest BCUT2D eigenvalue weighted by atomic mass is 10.1. The minimum atomic E-state index is -1.01. The second kappa shape index (κ2) is 4.47. The van der Waals surface area contributed by atoms with E-state index in [1.165, 1.54) is 0 Å². The third-order valence-corrected chi connectivity index (χ3v) is 8.29. The molecule has 2 N–H and O–H groups in total. The Hall–Kier alpha value is 0.430. The highest BCUT2D eigenvalue weighted by Gasteiger charge is 2.60. The van der Waals surface area contributed by atoms with Crippen LogP contribution in [0.4, 0.5) is 0 Å². The van der Waals surface area contributed by atoms with E-state index in [4.69, 9.17) is 11.6 Å². The summed E-state index contributed by atoms with van der Waals surface area (Å²) in [6, 6.07) is -0.0825. The second-order valence-electron chi connectivity index (χ2n) is 4.92. The van der Waals surface area contributed by atoms with Gasteiger partial charge in [-0.2, -0.15) is 4.99 Å². The lowest BCUT2D eigenvalue weighted by Crippen LogP contribution is -2.56. The van der Waals surface area contributed by atoms with Gasteiger partial charge in [0.25, 0.3) is 2.75 Å². The molecule has 3 aliphatic rings. The van der Waals surface area contributed by atoms with Crippen molar-refractivity contribution < 1.29 is 9.66 Å². The van der Waals surface area contributed by atoms with Crippen LogP contribution in [0.2, 0.25) is 0 Å². The van der Waals surface area contributed by atoms with Crippen LogP contribution in [-0.4, -0.2) is 47.5 Å². The van der Waals surface area contributed by atoms with Crippen molar-refractivity contribution in [2.24, 2.45) is 9.98 Å². The smallest absolute Gasteiger partial charge is 0.253 e. The van der Waals surface area contributed by atoms with Gasteiger partial charge in [-0.25, -0.2) is 4.99 Å². The Labute approximate surface area is 127 Å². The number of aliphatic hydroxyl groups is 1. The molecule has 0 bridgehead atoms. The molecule has 3 atom stereocenters. The second-order valence-corrected chi connectivity index (χ2v) is 9.44. The molecule has 100 valence electrons. The summed E-state index contributed by atoms with van der Waals surface area (Å²) in [4.78, 5) is 8.51. The fraction of sp³-hybridized carbons (Fsp3) is 0.800. The molecule has 5 nitrogen and oxygen atoms in total. The summed E-state index contributed by atoms with van der Waals surface area (Å²) in [5.74, 6) is 1.24. The Balaban J connectivity index is 1.92. The predicted octanol–water partition coefficient (Wildman–Crippen LogP) is 0.760. The molecule has 2 fully saturated rings. The molecular formula is C10H13ClIN3O2S. The van der Waals surface area contributed by atoms with Crippen LogP contribution in [0.5, 0.6) is 0 Å². The number of halogens is 2. The number of aliphatic hydroxyl groups excluding tert-OH is 1. The Kier molecular flexibility index (Phi) is 3.33. The van der Waals surface area contributed by atoms with Crippen LogP contribution >= 0.6 is 34.2 Å². The number of hydrogen-bond donors (Lipinski definition) is 2. The maximum Gasteiger partial charge on any atom is 0.253 e. The van der Waals surface area contributed by atoms with E-state index in [9.17, 15) is 9.66 Å². The molecule has 2 unspecified atom stereocenters. The van der Waals surface area contributed by atoms with Crippen molar-refractivity contribution >= 4 is 56.5 Å². The van der Waals surface area contributed by atoms with Gasteiger partial charge in [0.1, 0.15) is 11.8 Å². The molecule has 0 aromatic rings. The highest BCUT2D eigenvalue weighted by molar-refractivity contribution is 14.1. The zero-order valence-corrected chi connectivity index (χ0v) is 13.3. The quantitative estimate of drug-likeness (QED) is 0.310. The predicted molar refractivity (Wildman–Crippen MR) is 81.1 cm³/mol. The third-order valence-electron chi connectivity index (χ3n) is 3.67. The third kappa shape index (κ3) is 1.98. The van der Waals surface area contributed by atoms with E-state index in [0.29, 0.717) is 11.6 Å². The molecule has 2 aliphatic heterocycles. The van der Waals surface area contributed by atoms with Crippen molar-refractivity contribution in [3.8, 4) is 0 Å². The zero-order chi connectivity index (χ0) is 13.0. The van der Waals surface area contributed by atoms with Gasteiger partial charge in [-0.3, -0.25) is 0 Å². The summed E-state index contributed by atoms with van der Waals surface area (Å²) in [6.07, 6.45) is 2.57. The van der Waals surface area contributed by atoms with Crippen LogP contribution in [0, 0.1) is 0 Å². The van der Waals surface area contributed by atoms with Gasteiger partial charge in [0.2, 0.25) is 5.29 Å². The molecule has 0 aromatic heterocycles. The average molecular weight is 402 g/mol. The Morgan fingerprint density at radius 1 is 1.61 bits per heavy atom. The van der Waals surface area contributed by atoms with Gasteiger partial charge in [0.05, 0.1) is 12.1 Å². The van der Waals surface area contributed by atoms with Crippen molar-refractivity contribution in [1.29, 1.82) is 0 Å². The molecule has 1 aliphatic carbocycles. The SMILES string of the molecule is [O-][S+]1CCC2N=C(Cl)N=C(NC3(CO)CC3)[C@]21I. The monoisotopic (exact) mass is 401 g/mol. The van der Waals surface area contributed by atoms with E-state index in [1.54, 1.807) is 0 Å². The van der Waals surface area contributed by atoms with Crippen LogP contribution in [-0.2, 0) is 11.2 Å². The number of nitrogens with zero attached hydrogens (tertiary/aromatic N) is 2. The van der Waals surface area contributed by atoms with Gasteiger partial charge < -0.3 is 15.0 Å². The molecular weight excluding hydrogens is 389 g/mol. The van der Waals surface area contributed by atoms with Gasteiger partial charge in [-0.05, 0) is 58.2 Å². The summed E-state index contributed by atoms with van der Waals surface area (Å²) in [5, 5.41) is 12.9. The lowest BCUT2D eigenvalue weighted by Gasteiger charge is -2.33. The number of alkyl halides is 1. The van der Waals surface area contributed by atoms with Gasteiger partial charge >= 0.3 is 0 Å². The van der Waals surface area contributed by atoms with E-state index in [0.717, 1.165) is 19.3 Å². The van der Waals surface area contributed by atoms with Crippen molar-refractivity contribution in [3.63, 3.8) is 0 Å². The fourth-order valence-corrected chi connectivity index (χ4v) is 5.37. The fourth-order valence-electron chi connectivity index (χ4n) is 2.28. The number of aliphatic imine (C=N–C) groups is 2. The minimum absolute atomic E-state index is 0.0603. The van der Waals surface area contributed by atoms with Gasteiger partial charge in [-0.15, -0.1) is 0 Å². The van der Waals surface area contributed by atoms with E-state index in [2.05, 4.69) is 37.9 Å². The highest BCUT2D eigenvalue weighted by Crippen LogP contribution is 2.45. The van der Waals surface area contributed by atoms with Gasteiger partial charge in [-0.1, -0.05) is 0 Å². The van der Waals surface area contributed by atoms with Crippen LogP contribution in [0.1, 0.15) is 19.3 Å². The Morgan fingerprint density at radius 2 is 2.33 bits per heavy atom. The first-order chi connectivity index (χ1) is 8.50. The van der Waals surface area contributed by atoms with Crippen LogP contribution < -0.4 is 5.32 Å². The van der Waals surface area contributed by atoms with E-state index >= 15 is 0 Å². The topological polar surface area (TPSA) is 80.0 Å². The lowest BCUT2D eigenvalue weighted by molar-refractivity contribution is 0.244. The molecule has 1 saturated carbocycles. The van der Waals surface area contributed by atoms with E-state index < -0.39 is 13.9 Å². The van der Waals surface area contributed by atoms with Crippen molar-refractivity contribution in [3.05, 3.63) is 0 Å². The molecule has 18 heavy (non-hydrogen) atoms. The van der Waals surface area contributed by atoms with E-state index in [1.807, 2.05) is 0 Å². The summed E-state index contributed by atoms with van der Waals surface area (Å²) in [7, 11) is 0. The minimum Gasteiger partial charge on any atom is -0.615 e. The molecule has 0 spiro atoms. The Bertz CT molecular complexity index is 443. The average Bonchev–Trinajstić information content (AvgIpc) is 3.05. The van der Waals surface area contributed by atoms with Crippen LogP contribution in [0.15, 0.2) is 9.98 Å². The van der Waals surface area contributed by atoms with E-state index in [-0.39, 0.29) is 23.5 Å². The first-order valence-corrected chi connectivity index (χ1v) is 8.57. The van der Waals surface area contributed by atoms with Crippen molar-refractivity contribution in [2.45, 2.75) is 33.6 Å². The molecule has 1 saturated heterocycles. The number of amidine groups is 2. The summed E-state index contributed by atoms with van der Waals surface area (Å²) >= 11 is 7.11. The molecule has 2 heterocycles. The van der Waals surface area contributed by atoms with Crippen molar-refractivity contribution in [1.82, 2.24) is 5.32 Å². The normalized spacial score (nSPS) is 40.9. The zero-order valence-electron chi connectivity index (χ0n) is 9.53.